The van der Waals surface area contributed by atoms with Crippen molar-refractivity contribution in [3.05, 3.63) is 0 Å². The van der Waals surface area contributed by atoms with Crippen molar-refractivity contribution in [3.8, 4) is 0 Å². The molecule has 0 bridgehead atoms. The Morgan fingerprint density at radius 2 is 0.333 bits per heavy atom. The number of hydrogen-bond acceptors (Lipinski definition) is 0. The van der Waals surface area contributed by atoms with Crippen LogP contribution in [0.1, 0.15) is 0 Å². The van der Waals surface area contributed by atoms with Crippen LogP contribution >= 0.6 is 0 Å². The van der Waals surface area contributed by atoms with Crippen LogP contribution in [0.2, 0.25) is 0 Å². The molecule has 0 spiro atoms. The summed E-state index contributed by atoms with van der Waals surface area (Å²) in [5.41, 5.74) is 0. The van der Waals surface area contributed by atoms with E-state index in [4.69, 9.17) is 0 Å². The molecule has 0 heterocycles. The summed E-state index contributed by atoms with van der Waals surface area (Å²) in [4.78, 5) is 0. The van der Waals surface area contributed by atoms with Gasteiger partial charge in [0.2, 0.25) is 0 Å². The predicted molar refractivity (Wildman–Crippen MR) is 14.9 cm³/mol. The van der Waals surface area contributed by atoms with E-state index in [1.54, 1.807) is 0 Å². The van der Waals surface area contributed by atoms with Gasteiger partial charge in [0, 0.05) is 0 Å². The maximum atomic E-state index is 0. The topological polar surface area (TPSA) is 142 Å². The Hall–Kier alpha value is 2.09. The van der Waals surface area contributed by atoms with Crippen LogP contribution in [0.5, 0.6) is 0 Å². The molecule has 9 heteroatoms. The van der Waals surface area contributed by atoms with Gasteiger partial charge in [-0.15, -0.1) is 0 Å². The van der Waals surface area contributed by atoms with Gasteiger partial charge in [-0.05, 0) is 0 Å². The molecule has 2 radical (unpaired) electrons. The molecule has 9 heavy (non-hydrogen) atoms. The molecular weight excluding hydrogens is 337 g/mol. The van der Waals surface area contributed by atoms with Crippen molar-refractivity contribution in [2.75, 3.05) is 0 Å². The van der Waals surface area contributed by atoms with E-state index < -0.39 is 0 Å². The van der Waals surface area contributed by atoms with Crippen LogP contribution in [0.25, 0.3) is 0 Å². The van der Waals surface area contributed by atoms with Crippen LogP contribution < -0.4 is 0 Å². The van der Waals surface area contributed by atoms with Crippen LogP contribution in [0.4, 0.5) is 0 Å². The summed E-state index contributed by atoms with van der Waals surface area (Å²) in [6.07, 6.45) is 0. The Bertz CT molecular complexity index is 12.9. The van der Waals surface area contributed by atoms with Gasteiger partial charge in [-0.2, -0.15) is 0 Å². The van der Waals surface area contributed by atoms with Crippen LogP contribution in [0, 0.1) is 0 Å². The number of rotatable bonds is 0. The van der Waals surface area contributed by atoms with Gasteiger partial charge in [0.15, 0.2) is 0 Å². The van der Waals surface area contributed by atoms with Gasteiger partial charge in [0.05, 0.1) is 0 Å². The molecule has 0 aromatic heterocycles. The van der Waals surface area contributed by atoms with Gasteiger partial charge in [-0.3, -0.25) is 0 Å². The fourth-order valence-corrected chi connectivity index (χ4v) is 0. The van der Waals surface area contributed by atoms with E-state index in [1.165, 1.54) is 0 Å². The smallest absolute Gasteiger partial charge is 2.00 e. The van der Waals surface area contributed by atoms with Crippen molar-refractivity contribution < 1.29 is 60.9 Å². The number of hydrogen-bond donors (Lipinski definition) is 0. The molecular formula is Co2Ga2O5. The van der Waals surface area contributed by atoms with Crippen LogP contribution in [-0.4, -0.2) is 39.6 Å². The molecule has 0 saturated carbocycles. The summed E-state index contributed by atoms with van der Waals surface area (Å²) in [5.74, 6) is 0. The average Bonchev–Trinajstić information content (AvgIpc) is 0. The van der Waals surface area contributed by atoms with E-state index in [9.17, 15) is 0 Å². The fraction of sp³-hybridized carbons (Fsp3) is 0. The molecule has 0 atom stereocenters. The fourth-order valence-electron chi connectivity index (χ4n) is 0. The molecule has 0 aromatic rings. The van der Waals surface area contributed by atoms with Crippen molar-refractivity contribution in [1.82, 2.24) is 0 Å². The molecule has 0 rings (SSSR count). The summed E-state index contributed by atoms with van der Waals surface area (Å²) in [7, 11) is 0. The zero-order valence-electron chi connectivity index (χ0n) is 3.86. The molecule has 0 aliphatic rings. The Balaban J connectivity index is 0. The van der Waals surface area contributed by atoms with Gasteiger partial charge in [-0.1, -0.05) is 0 Å². The van der Waals surface area contributed by atoms with Crippen LogP contribution in [0.3, 0.4) is 0 Å². The van der Waals surface area contributed by atoms with Crippen LogP contribution in [-0.2, 0) is 60.9 Å². The van der Waals surface area contributed by atoms with Gasteiger partial charge in [-0.25, -0.2) is 0 Å². The Morgan fingerprint density at radius 3 is 0.333 bits per heavy atom. The predicted octanol–water partition coefficient (Wildman–Crippen LogP) is -1.36. The third kappa shape index (κ3) is 152. The second-order valence-corrected chi connectivity index (χ2v) is 0. The summed E-state index contributed by atoms with van der Waals surface area (Å²) in [5, 5.41) is 0. The van der Waals surface area contributed by atoms with E-state index in [1.807, 2.05) is 0 Å². The molecule has 0 N–H and O–H groups in total. The van der Waals surface area contributed by atoms with Crippen molar-refractivity contribution >= 4 is 39.6 Å². The van der Waals surface area contributed by atoms with E-state index >= 15 is 0 Å². The van der Waals surface area contributed by atoms with E-state index in [2.05, 4.69) is 0 Å². The van der Waals surface area contributed by atoms with Crippen molar-refractivity contribution in [3.63, 3.8) is 0 Å². The Labute approximate surface area is 99.8 Å². The van der Waals surface area contributed by atoms with Crippen molar-refractivity contribution in [1.29, 1.82) is 0 Å². The normalized spacial score (nSPS) is 0. The standard InChI is InChI=1S/2Co.2Ga.5O/q2*+2;2*+3;5*-2. The molecule has 0 fully saturated rings. The minimum Gasteiger partial charge on any atom is -2.00 e. The molecule has 54 valence electrons. The van der Waals surface area contributed by atoms with Gasteiger partial charge < -0.3 is 27.4 Å². The first-order valence-electron chi connectivity index (χ1n) is 0. The Kier molecular flexibility index (Phi) is 5510. The largest absolute Gasteiger partial charge is 3.00 e. The zero-order chi connectivity index (χ0) is 0. The molecule has 0 aromatic carbocycles. The second-order valence-electron chi connectivity index (χ2n) is 0. The zero-order valence-corrected chi connectivity index (χ0v) is 10.8. The molecule has 0 aliphatic carbocycles. The first-order chi connectivity index (χ1) is 0. The maximum Gasteiger partial charge on any atom is 3.00 e. The van der Waals surface area contributed by atoms with Gasteiger partial charge in [0.25, 0.3) is 0 Å². The summed E-state index contributed by atoms with van der Waals surface area (Å²) in [6, 6.07) is 0. The van der Waals surface area contributed by atoms with Crippen molar-refractivity contribution in [2.45, 2.75) is 0 Å². The second kappa shape index (κ2) is 191. The summed E-state index contributed by atoms with van der Waals surface area (Å²) in [6.45, 7) is 0. The minimum absolute atomic E-state index is 0. The van der Waals surface area contributed by atoms with Crippen LogP contribution in [0.15, 0.2) is 0 Å². The first kappa shape index (κ1) is 259. The average molecular weight is 337 g/mol. The van der Waals surface area contributed by atoms with E-state index in [-0.39, 0.29) is 101 Å². The quantitative estimate of drug-likeness (QED) is 0.481. The maximum absolute atomic E-state index is 0. The molecule has 5 nitrogen and oxygen atoms in total. The SMILES string of the molecule is [Co+2].[Co+2].[Ga+3].[Ga+3].[O-2].[O-2].[O-2].[O-2].[O-2]. The first-order valence-corrected chi connectivity index (χ1v) is 0. The molecule has 0 amide bonds. The Morgan fingerprint density at radius 1 is 0.333 bits per heavy atom. The van der Waals surface area contributed by atoms with Gasteiger partial charge >= 0.3 is 73.1 Å². The summed E-state index contributed by atoms with van der Waals surface area (Å²) >= 11 is 0. The molecule has 0 saturated heterocycles. The van der Waals surface area contributed by atoms with Gasteiger partial charge in [0.1, 0.15) is 0 Å². The van der Waals surface area contributed by atoms with E-state index in [0.29, 0.717) is 0 Å². The molecule has 0 unspecified atom stereocenters. The monoisotopic (exact) mass is 336 g/mol. The summed E-state index contributed by atoms with van der Waals surface area (Å²) < 4.78 is 0. The third-order valence-corrected chi connectivity index (χ3v) is 0. The molecule has 0 aliphatic heterocycles. The van der Waals surface area contributed by atoms with Crippen molar-refractivity contribution in [2.24, 2.45) is 0 Å². The third-order valence-electron chi connectivity index (χ3n) is 0. The van der Waals surface area contributed by atoms with E-state index in [0.717, 1.165) is 0 Å². The minimum atomic E-state index is 0.